The largest absolute Gasteiger partial charge is 0.484 e. The van der Waals surface area contributed by atoms with E-state index in [0.717, 1.165) is 25.7 Å². The van der Waals surface area contributed by atoms with E-state index in [4.69, 9.17) is 10.00 Å². The average molecular weight is 679 g/mol. The van der Waals surface area contributed by atoms with Gasteiger partial charge < -0.3 is 25.5 Å². The van der Waals surface area contributed by atoms with Gasteiger partial charge in [-0.2, -0.15) is 5.26 Å². The van der Waals surface area contributed by atoms with Crippen LogP contribution < -0.4 is 15.4 Å². The van der Waals surface area contributed by atoms with E-state index >= 15 is 0 Å². The Balaban J connectivity index is 1.08. The molecule has 0 aliphatic carbocycles. The van der Waals surface area contributed by atoms with Gasteiger partial charge in [-0.15, -0.1) is 0 Å². The molecule has 0 bridgehead atoms. The van der Waals surface area contributed by atoms with Gasteiger partial charge in [0.15, 0.2) is 17.6 Å². The van der Waals surface area contributed by atoms with Gasteiger partial charge in [0.05, 0.1) is 17.4 Å². The van der Waals surface area contributed by atoms with Crippen LogP contribution in [-0.2, 0) is 24.9 Å². The van der Waals surface area contributed by atoms with Crippen molar-refractivity contribution in [3.63, 3.8) is 0 Å². The number of hydrogen-bond acceptors (Lipinski definition) is 11. The van der Waals surface area contributed by atoms with Crippen LogP contribution in [-0.4, -0.2) is 40.3 Å². The fourth-order valence-electron chi connectivity index (χ4n) is 5.28. The third-order valence-corrected chi connectivity index (χ3v) is 8.00. The van der Waals surface area contributed by atoms with Gasteiger partial charge >= 0.3 is 11.6 Å². The summed E-state index contributed by atoms with van der Waals surface area (Å²) in [6.45, 7) is 2.23. The second-order valence-corrected chi connectivity index (χ2v) is 11.6. The third-order valence-electron chi connectivity index (χ3n) is 8.00. The summed E-state index contributed by atoms with van der Waals surface area (Å²) in [6.07, 6.45) is 12.4. The van der Waals surface area contributed by atoms with Gasteiger partial charge in [0, 0.05) is 30.4 Å². The molecule has 0 radical (unpaired) electrons. The number of unbranched alkanes of at least 4 members (excludes halogenated alkanes) is 2. The molecular weight excluding hydrogens is 643 g/mol. The van der Waals surface area contributed by atoms with Crippen molar-refractivity contribution in [2.75, 3.05) is 10.6 Å². The van der Waals surface area contributed by atoms with Crippen LogP contribution in [0.1, 0.15) is 56.2 Å². The number of nitriles is 1. The normalized spacial score (nSPS) is 11.7. The molecule has 1 aromatic carbocycles. The number of anilines is 3. The minimum atomic E-state index is -0.551. The van der Waals surface area contributed by atoms with E-state index in [-0.39, 0.29) is 29.9 Å². The number of allylic oxidation sites excluding steroid dienone is 1. The van der Waals surface area contributed by atoms with Crippen molar-refractivity contribution >= 4 is 40.0 Å². The zero-order chi connectivity index (χ0) is 35.5. The summed E-state index contributed by atoms with van der Waals surface area (Å²) in [5.41, 5.74) is 2.11. The molecule has 50 heavy (non-hydrogen) atoms. The van der Waals surface area contributed by atoms with E-state index in [2.05, 4.69) is 42.5 Å². The summed E-state index contributed by atoms with van der Waals surface area (Å²) < 4.78 is 21.9. The van der Waals surface area contributed by atoms with Gasteiger partial charge in [-0.25, -0.2) is 19.3 Å². The summed E-state index contributed by atoms with van der Waals surface area (Å²) in [7, 11) is 1.62. The Hall–Kier alpha value is -6.30. The Kier molecular flexibility index (Phi) is 11.7. The topological polar surface area (TPSA) is 187 Å². The Morgan fingerprint density at radius 3 is 2.78 bits per heavy atom. The number of halogens is 1. The second-order valence-electron chi connectivity index (χ2n) is 11.6. The predicted molar refractivity (Wildman–Crippen MR) is 184 cm³/mol. The monoisotopic (exact) mass is 678 g/mol. The minimum absolute atomic E-state index is 0.0296. The van der Waals surface area contributed by atoms with Crippen LogP contribution in [0.2, 0.25) is 0 Å². The zero-order valence-electron chi connectivity index (χ0n) is 27.5. The molecule has 0 saturated heterocycles. The van der Waals surface area contributed by atoms with Gasteiger partial charge in [-0.05, 0) is 77.9 Å². The second kappa shape index (κ2) is 16.7. The Bertz CT molecular complexity index is 2050. The number of carbonyl (C=O) groups excluding carboxylic acids is 1. The number of imidazole rings is 1. The first-order chi connectivity index (χ1) is 24.2. The minimum Gasteiger partial charge on any atom is -0.484 e. The standard InChI is InChI=1S/C35H35FN10O4/c1-23(12-14-29-35(46(48)49)44-32(19-37)45(29)2)9-5-3-4-6-11-33(47)43-31-18-26-28(20-39-31)40-22-41-34(26)42-24-13-15-30(27(36)17-24)50-21-25-10-7-8-16-38-25/h6-8,10-11,13,15-18,20,22-23H,3-5,9,12,14,21H2,1-2H3,(H,39,43,47)(H,40,41,42)/b11-6+. The molecule has 2 N–H and O–H groups in total. The van der Waals surface area contributed by atoms with Crippen molar-refractivity contribution in [2.45, 2.75) is 52.1 Å². The number of nitro groups is 1. The highest BCUT2D eigenvalue weighted by Gasteiger charge is 2.25. The summed E-state index contributed by atoms with van der Waals surface area (Å²) >= 11 is 0. The number of nitrogens with zero attached hydrogens (tertiary/aromatic N) is 8. The first-order valence-corrected chi connectivity index (χ1v) is 16.0. The molecule has 1 amide bonds. The van der Waals surface area contributed by atoms with E-state index in [1.54, 1.807) is 43.6 Å². The molecule has 5 rings (SSSR count). The number of pyridine rings is 2. The van der Waals surface area contributed by atoms with Gasteiger partial charge in [-0.1, -0.05) is 31.9 Å². The van der Waals surface area contributed by atoms with Gasteiger partial charge in [0.25, 0.3) is 0 Å². The number of carbonyl (C=O) groups is 1. The number of rotatable bonds is 16. The Morgan fingerprint density at radius 2 is 2.02 bits per heavy atom. The molecular formula is C35H35FN10O4. The van der Waals surface area contributed by atoms with E-state index in [1.807, 2.05) is 12.1 Å². The van der Waals surface area contributed by atoms with Gasteiger partial charge in [0.1, 0.15) is 30.3 Å². The van der Waals surface area contributed by atoms with Gasteiger partial charge in [-0.3, -0.25) is 14.3 Å². The number of benzene rings is 1. The molecule has 1 atom stereocenters. The van der Waals surface area contributed by atoms with Crippen LogP contribution >= 0.6 is 0 Å². The summed E-state index contributed by atoms with van der Waals surface area (Å²) in [6, 6.07) is 13.5. The SMILES string of the molecule is CC(CCCC/C=C/C(=O)Nc1cc2c(Nc3ccc(OCc4ccccn4)c(F)c3)ncnc2cn1)CCc1c([N+](=O)[O-])nc(C#N)n1C. The fraction of sp³-hybridized carbons (Fsp3) is 0.286. The Morgan fingerprint density at radius 1 is 1.16 bits per heavy atom. The quantitative estimate of drug-likeness (QED) is 0.0488. The summed E-state index contributed by atoms with van der Waals surface area (Å²) in [5.74, 6) is 0.00453. The lowest BCUT2D eigenvalue weighted by molar-refractivity contribution is -0.390. The van der Waals surface area contributed by atoms with E-state index in [1.165, 1.54) is 35.3 Å². The smallest absolute Gasteiger partial charge is 0.386 e. The maximum absolute atomic E-state index is 14.8. The fourth-order valence-corrected chi connectivity index (χ4v) is 5.28. The number of hydrogen-bond donors (Lipinski definition) is 2. The highest BCUT2D eigenvalue weighted by atomic mass is 19.1. The van der Waals surface area contributed by atoms with Crippen LogP contribution in [0.4, 0.5) is 27.5 Å². The first-order valence-electron chi connectivity index (χ1n) is 16.0. The van der Waals surface area contributed by atoms with E-state index in [0.29, 0.717) is 58.4 Å². The van der Waals surface area contributed by atoms with E-state index < -0.39 is 10.7 Å². The van der Waals surface area contributed by atoms with Crippen molar-refractivity contribution in [1.82, 2.24) is 29.5 Å². The molecule has 0 aliphatic rings. The number of fused-ring (bicyclic) bond motifs is 1. The molecule has 0 aliphatic heterocycles. The lowest BCUT2D eigenvalue weighted by Gasteiger charge is -2.11. The van der Waals surface area contributed by atoms with Crippen LogP contribution in [0.3, 0.4) is 0 Å². The molecule has 1 unspecified atom stereocenters. The predicted octanol–water partition coefficient (Wildman–Crippen LogP) is 6.72. The zero-order valence-corrected chi connectivity index (χ0v) is 27.5. The molecule has 4 heterocycles. The molecule has 15 heteroatoms. The maximum Gasteiger partial charge on any atom is 0.386 e. The number of aromatic nitrogens is 6. The highest BCUT2D eigenvalue weighted by molar-refractivity contribution is 6.00. The summed E-state index contributed by atoms with van der Waals surface area (Å²) in [5, 5.41) is 26.9. The molecule has 14 nitrogen and oxygen atoms in total. The van der Waals surface area contributed by atoms with Crippen LogP contribution in [0.25, 0.3) is 10.9 Å². The Labute approximate surface area is 287 Å². The lowest BCUT2D eigenvalue weighted by Crippen LogP contribution is -2.09. The van der Waals surface area contributed by atoms with Crippen molar-refractivity contribution in [3.05, 3.63) is 106 Å². The number of amides is 1. The average Bonchev–Trinajstić information content (AvgIpc) is 3.44. The van der Waals surface area contributed by atoms with Crippen LogP contribution in [0.5, 0.6) is 5.75 Å². The third kappa shape index (κ3) is 9.19. The van der Waals surface area contributed by atoms with Crippen molar-refractivity contribution < 1.29 is 18.8 Å². The van der Waals surface area contributed by atoms with Gasteiger partial charge in [0.2, 0.25) is 5.91 Å². The van der Waals surface area contributed by atoms with Crippen molar-refractivity contribution in [3.8, 4) is 11.8 Å². The molecule has 0 fully saturated rings. The first kappa shape index (κ1) is 35.0. The summed E-state index contributed by atoms with van der Waals surface area (Å²) in [4.78, 5) is 44.2. The van der Waals surface area contributed by atoms with Crippen molar-refractivity contribution in [2.24, 2.45) is 13.0 Å². The molecule has 256 valence electrons. The highest BCUT2D eigenvalue weighted by Crippen LogP contribution is 2.28. The maximum atomic E-state index is 14.8. The number of nitrogens with one attached hydrogen (secondary N) is 2. The van der Waals surface area contributed by atoms with E-state index in [9.17, 15) is 19.3 Å². The number of ether oxygens (including phenoxy) is 1. The van der Waals surface area contributed by atoms with Crippen LogP contribution in [0, 0.1) is 33.2 Å². The molecule has 5 aromatic rings. The van der Waals surface area contributed by atoms with Crippen LogP contribution in [0.15, 0.2) is 73.3 Å². The molecule has 4 aromatic heterocycles. The van der Waals surface area contributed by atoms with Crippen molar-refractivity contribution in [1.29, 1.82) is 5.26 Å². The lowest BCUT2D eigenvalue weighted by atomic mass is 9.97. The molecule has 0 saturated carbocycles. The molecule has 0 spiro atoms.